The van der Waals surface area contributed by atoms with Gasteiger partial charge in [0.1, 0.15) is 6.33 Å². The van der Waals surface area contributed by atoms with Gasteiger partial charge in [-0.2, -0.15) is 9.62 Å². The van der Waals surface area contributed by atoms with Gasteiger partial charge in [-0.3, -0.25) is 5.43 Å². The van der Waals surface area contributed by atoms with E-state index in [0.29, 0.717) is 27.1 Å². The van der Waals surface area contributed by atoms with E-state index in [-0.39, 0.29) is 0 Å². The van der Waals surface area contributed by atoms with Gasteiger partial charge in [-0.15, -0.1) is 15.3 Å². The summed E-state index contributed by atoms with van der Waals surface area (Å²) in [6.45, 7) is 0. The molecule has 0 fully saturated rings. The summed E-state index contributed by atoms with van der Waals surface area (Å²) >= 11 is 12.3. The van der Waals surface area contributed by atoms with Crippen LogP contribution >= 0.6 is 23.2 Å². The fourth-order valence-electron chi connectivity index (χ4n) is 2.40. The van der Waals surface area contributed by atoms with Crippen molar-refractivity contribution in [2.24, 2.45) is 5.10 Å². The third-order valence-corrected chi connectivity index (χ3v) is 4.18. The summed E-state index contributed by atoms with van der Waals surface area (Å²) in [5.74, 6) is 0.581. The molecule has 2 heterocycles. The van der Waals surface area contributed by atoms with Gasteiger partial charge in [-0.05, 0) is 12.1 Å². The number of hydrogen-bond donors (Lipinski definition) is 1. The largest absolute Gasteiger partial charge is 0.259 e. The Balaban J connectivity index is 1.75. The molecule has 4 aromatic rings. The molecule has 8 heteroatoms. The molecular formula is C16H10Cl2N6. The Labute approximate surface area is 146 Å². The number of hydrazone groups is 1. The molecule has 24 heavy (non-hydrogen) atoms. The first kappa shape index (κ1) is 14.9. The van der Waals surface area contributed by atoms with Crippen LogP contribution in [-0.2, 0) is 0 Å². The number of halogens is 2. The van der Waals surface area contributed by atoms with Crippen LogP contribution in [0.5, 0.6) is 0 Å². The molecule has 0 unspecified atom stereocenters. The van der Waals surface area contributed by atoms with Crippen molar-refractivity contribution in [2.75, 3.05) is 5.43 Å². The molecule has 0 saturated heterocycles. The van der Waals surface area contributed by atoms with Gasteiger partial charge in [-0.1, -0.05) is 53.5 Å². The maximum atomic E-state index is 6.13. The molecule has 0 atom stereocenters. The van der Waals surface area contributed by atoms with Crippen LogP contribution < -0.4 is 5.43 Å². The van der Waals surface area contributed by atoms with Gasteiger partial charge in [-0.25, -0.2) is 0 Å². The lowest BCUT2D eigenvalue weighted by molar-refractivity contribution is 0.934. The molecule has 0 saturated carbocycles. The zero-order valence-electron chi connectivity index (χ0n) is 12.2. The predicted molar refractivity (Wildman–Crippen MR) is 96.0 cm³/mol. The summed E-state index contributed by atoms with van der Waals surface area (Å²) in [6.07, 6.45) is 3.11. The van der Waals surface area contributed by atoms with E-state index in [4.69, 9.17) is 23.2 Å². The number of nitrogens with one attached hydrogen (secondary N) is 1. The van der Waals surface area contributed by atoms with E-state index in [1.807, 2.05) is 24.3 Å². The molecule has 1 N–H and O–H groups in total. The Bertz CT molecular complexity index is 1050. The molecule has 2 aromatic heterocycles. The second-order valence-electron chi connectivity index (χ2n) is 5.00. The Hall–Kier alpha value is -2.70. The van der Waals surface area contributed by atoms with Gasteiger partial charge in [0.05, 0.1) is 16.3 Å². The van der Waals surface area contributed by atoms with E-state index in [9.17, 15) is 0 Å². The molecule has 0 amide bonds. The van der Waals surface area contributed by atoms with Crippen LogP contribution in [-0.4, -0.2) is 26.0 Å². The molecule has 0 radical (unpaired) electrons. The maximum Gasteiger partial charge on any atom is 0.185 e. The van der Waals surface area contributed by atoms with Crippen molar-refractivity contribution in [3.63, 3.8) is 0 Å². The Kier molecular flexibility index (Phi) is 3.76. The normalized spacial score (nSPS) is 11.6. The van der Waals surface area contributed by atoms with Crippen LogP contribution in [0.3, 0.4) is 0 Å². The van der Waals surface area contributed by atoms with E-state index in [2.05, 4.69) is 25.8 Å². The molecule has 2 aromatic carbocycles. The Morgan fingerprint density at radius 1 is 1.00 bits per heavy atom. The minimum Gasteiger partial charge on any atom is -0.259 e. The number of nitrogens with zero attached hydrogens (tertiary/aromatic N) is 5. The van der Waals surface area contributed by atoms with Crippen molar-refractivity contribution in [3.05, 3.63) is 64.4 Å². The summed E-state index contributed by atoms with van der Waals surface area (Å²) in [5.41, 5.74) is 4.27. The van der Waals surface area contributed by atoms with Crippen LogP contribution in [0, 0.1) is 0 Å². The fourth-order valence-corrected chi connectivity index (χ4v) is 2.90. The van der Waals surface area contributed by atoms with E-state index in [0.717, 1.165) is 10.8 Å². The maximum absolute atomic E-state index is 6.13. The van der Waals surface area contributed by atoms with Crippen LogP contribution in [0.2, 0.25) is 10.0 Å². The van der Waals surface area contributed by atoms with Gasteiger partial charge in [0.2, 0.25) is 0 Å². The SMILES string of the molecule is Clc1cccc(Cl)c1/C=N/Nc1nn2cnnc2c2ccccc12. The number of fused-ring (bicyclic) bond motifs is 3. The molecule has 6 nitrogen and oxygen atoms in total. The minimum absolute atomic E-state index is 0.528. The highest BCUT2D eigenvalue weighted by molar-refractivity contribution is 6.38. The Morgan fingerprint density at radius 2 is 1.75 bits per heavy atom. The van der Waals surface area contributed by atoms with Gasteiger partial charge in [0, 0.05) is 16.3 Å². The number of rotatable bonds is 3. The van der Waals surface area contributed by atoms with Crippen molar-refractivity contribution >= 4 is 51.7 Å². The summed E-state index contributed by atoms with van der Waals surface area (Å²) in [4.78, 5) is 0. The van der Waals surface area contributed by atoms with Gasteiger partial charge >= 0.3 is 0 Å². The Morgan fingerprint density at radius 3 is 2.54 bits per heavy atom. The highest BCUT2D eigenvalue weighted by Crippen LogP contribution is 2.25. The third-order valence-electron chi connectivity index (χ3n) is 3.53. The monoisotopic (exact) mass is 356 g/mol. The predicted octanol–water partition coefficient (Wildman–Crippen LogP) is 4.03. The standard InChI is InChI=1S/C16H10Cl2N6/c17-13-6-3-7-14(18)12(13)8-19-21-15-10-4-1-2-5-11(10)16-22-20-9-24(16)23-15/h1-9H,(H,21,23)/b19-8+. The smallest absolute Gasteiger partial charge is 0.185 e. The van der Waals surface area contributed by atoms with E-state index in [1.54, 1.807) is 35.3 Å². The van der Waals surface area contributed by atoms with Gasteiger partial charge in [0.15, 0.2) is 11.5 Å². The summed E-state index contributed by atoms with van der Waals surface area (Å²) in [5, 5.41) is 19.5. The van der Waals surface area contributed by atoms with Crippen molar-refractivity contribution in [1.82, 2.24) is 19.8 Å². The van der Waals surface area contributed by atoms with Crippen LogP contribution in [0.1, 0.15) is 5.56 Å². The second-order valence-corrected chi connectivity index (χ2v) is 5.81. The zero-order chi connectivity index (χ0) is 16.5. The van der Waals surface area contributed by atoms with Gasteiger partial charge in [0.25, 0.3) is 0 Å². The van der Waals surface area contributed by atoms with Crippen LogP contribution in [0.25, 0.3) is 16.4 Å². The van der Waals surface area contributed by atoms with Crippen LogP contribution in [0.15, 0.2) is 53.9 Å². The molecule has 0 aliphatic rings. The number of aromatic nitrogens is 4. The van der Waals surface area contributed by atoms with Crippen LogP contribution in [0.4, 0.5) is 5.82 Å². The van der Waals surface area contributed by atoms with Crippen molar-refractivity contribution in [2.45, 2.75) is 0 Å². The average molecular weight is 357 g/mol. The lowest BCUT2D eigenvalue weighted by Crippen LogP contribution is -2.00. The zero-order valence-corrected chi connectivity index (χ0v) is 13.7. The molecule has 0 spiro atoms. The molecule has 0 bridgehead atoms. The molecule has 118 valence electrons. The quantitative estimate of drug-likeness (QED) is 0.444. The lowest BCUT2D eigenvalue weighted by atomic mass is 10.2. The average Bonchev–Trinajstić information content (AvgIpc) is 3.06. The fraction of sp³-hybridized carbons (Fsp3) is 0. The number of benzene rings is 2. The first-order valence-corrected chi connectivity index (χ1v) is 7.81. The first-order chi connectivity index (χ1) is 11.7. The van der Waals surface area contributed by atoms with E-state index >= 15 is 0 Å². The summed E-state index contributed by atoms with van der Waals surface area (Å²) < 4.78 is 1.60. The molecule has 4 rings (SSSR count). The molecule has 0 aliphatic heterocycles. The first-order valence-electron chi connectivity index (χ1n) is 7.06. The highest BCUT2D eigenvalue weighted by atomic mass is 35.5. The summed E-state index contributed by atoms with van der Waals surface area (Å²) in [6, 6.07) is 13.1. The van der Waals surface area contributed by atoms with Gasteiger partial charge < -0.3 is 0 Å². The second kappa shape index (κ2) is 6.07. The third kappa shape index (κ3) is 2.55. The highest BCUT2D eigenvalue weighted by Gasteiger charge is 2.09. The van der Waals surface area contributed by atoms with Crippen molar-refractivity contribution in [1.29, 1.82) is 0 Å². The molecule has 0 aliphatic carbocycles. The van der Waals surface area contributed by atoms with E-state index < -0.39 is 0 Å². The number of anilines is 1. The number of hydrogen-bond acceptors (Lipinski definition) is 5. The van der Waals surface area contributed by atoms with Crippen molar-refractivity contribution < 1.29 is 0 Å². The lowest BCUT2D eigenvalue weighted by Gasteiger charge is -2.06. The molecular weight excluding hydrogens is 347 g/mol. The minimum atomic E-state index is 0.528. The van der Waals surface area contributed by atoms with Crippen molar-refractivity contribution in [3.8, 4) is 0 Å². The topological polar surface area (TPSA) is 67.5 Å². The summed E-state index contributed by atoms with van der Waals surface area (Å²) in [7, 11) is 0. The van der Waals surface area contributed by atoms with E-state index in [1.165, 1.54) is 0 Å².